The van der Waals surface area contributed by atoms with E-state index in [0.29, 0.717) is 0 Å². The number of aliphatic hydroxyl groups excluding tert-OH is 1. The summed E-state index contributed by atoms with van der Waals surface area (Å²) in [5, 5.41) is 19.8. The summed E-state index contributed by atoms with van der Waals surface area (Å²) >= 11 is 0. The van der Waals surface area contributed by atoms with Crippen LogP contribution in [0.15, 0.2) is 11.6 Å². The monoisotopic (exact) mass is 300 g/mol. The zero-order chi connectivity index (χ0) is 15.6. The normalized spacial score (nSPS) is 24.2. The summed E-state index contributed by atoms with van der Waals surface area (Å²) in [5.74, 6) is 0.261. The molecule has 4 heteroatoms. The summed E-state index contributed by atoms with van der Waals surface area (Å²) < 4.78 is 0. The van der Waals surface area contributed by atoms with Gasteiger partial charge in [-0.3, -0.25) is 0 Å². The topological polar surface area (TPSA) is 60.7 Å². The van der Waals surface area contributed by atoms with Gasteiger partial charge in [-0.2, -0.15) is 0 Å². The van der Waals surface area contributed by atoms with Crippen LogP contribution in [-0.4, -0.2) is 35.5 Å². The molecule has 0 aliphatic heterocycles. The van der Waals surface area contributed by atoms with Gasteiger partial charge in [0.05, 0.1) is 12.2 Å². The highest BCUT2D eigenvalue weighted by atomic mass is 28.4. The van der Waals surface area contributed by atoms with E-state index in [9.17, 15) is 9.90 Å². The molecule has 3 nitrogen and oxygen atoms in total. The molecule has 0 bridgehead atoms. The van der Waals surface area contributed by atoms with Crippen molar-refractivity contribution in [3.05, 3.63) is 11.6 Å². The zero-order valence-corrected chi connectivity index (χ0v) is 14.7. The smallest absolute Gasteiger partial charge is 0.188 e. The van der Waals surface area contributed by atoms with Crippen molar-refractivity contribution in [3.8, 4) is 0 Å². The Balaban J connectivity index is 2.61. The van der Waals surface area contributed by atoms with Crippen LogP contribution in [0.4, 0.5) is 0 Å². The molecule has 118 valence electrons. The van der Waals surface area contributed by atoms with E-state index >= 15 is 0 Å². The molecule has 0 aromatic carbocycles. The molecule has 0 fully saturated rings. The third-order valence-electron chi connectivity index (χ3n) is 5.50. The molecule has 1 aliphatic carbocycles. The van der Waals surface area contributed by atoms with Gasteiger partial charge in [-0.25, -0.2) is 0 Å². The van der Waals surface area contributed by atoms with E-state index in [-0.39, 0.29) is 17.6 Å². The Kier molecular flexibility index (Phi) is 5.64. The molecule has 1 unspecified atom stereocenters. The average Bonchev–Trinajstić information content (AvgIpc) is 2.35. The second-order valence-corrected chi connectivity index (χ2v) is 12.3. The van der Waals surface area contributed by atoms with Gasteiger partial charge in [0.15, 0.2) is 8.32 Å². The van der Waals surface area contributed by atoms with Gasteiger partial charge in [0.25, 0.3) is 0 Å². The van der Waals surface area contributed by atoms with Gasteiger partial charge in [-0.05, 0) is 68.7 Å². The quantitative estimate of drug-likeness (QED) is 0.521. The van der Waals surface area contributed by atoms with Crippen LogP contribution in [0.3, 0.4) is 0 Å². The van der Waals surface area contributed by atoms with Gasteiger partial charge in [0.1, 0.15) is 0 Å². The van der Waals surface area contributed by atoms with Crippen LogP contribution in [0.25, 0.3) is 0 Å². The maximum Gasteiger partial charge on any atom is 0.188 e. The Morgan fingerprint density at radius 3 is 2.25 bits per heavy atom. The maximum absolute atomic E-state index is 10.8. The van der Waals surface area contributed by atoms with Crippen molar-refractivity contribution >= 4 is 8.32 Å². The predicted molar refractivity (Wildman–Crippen MR) is 86.1 cm³/mol. The van der Waals surface area contributed by atoms with Crippen molar-refractivity contribution in [2.75, 3.05) is 6.61 Å². The van der Waals surface area contributed by atoms with Gasteiger partial charge in [0.2, 0.25) is 0 Å². The molecule has 0 amide bonds. The van der Waals surface area contributed by atoms with Crippen LogP contribution in [-0.2, 0) is 0 Å². The number of allylic oxidation sites excluding steroid dienone is 1. The maximum atomic E-state index is 10.8. The molecule has 1 aliphatic rings. The Morgan fingerprint density at radius 1 is 1.25 bits per heavy atom. The molecule has 0 spiro atoms. The first kappa shape index (κ1) is 17.9. The Bertz CT molecular complexity index is 353. The third-order valence-corrected chi connectivity index (χ3v) is 9.06. The van der Waals surface area contributed by atoms with Crippen LogP contribution < -0.4 is 0 Å². The summed E-state index contributed by atoms with van der Waals surface area (Å²) in [6, 6.07) is 0. The molecule has 0 aromatic heterocycles. The second-order valence-electron chi connectivity index (χ2n) is 7.79. The van der Waals surface area contributed by atoms with E-state index in [1.807, 2.05) is 20.0 Å². The van der Waals surface area contributed by atoms with Crippen molar-refractivity contribution in [2.45, 2.75) is 76.6 Å². The van der Waals surface area contributed by atoms with E-state index < -0.39 is 13.9 Å². The Hall–Kier alpha value is -0.163. The van der Waals surface area contributed by atoms with Crippen molar-refractivity contribution < 1.29 is 15.0 Å². The van der Waals surface area contributed by atoms with E-state index in [2.05, 4.69) is 19.9 Å². The van der Waals surface area contributed by atoms with E-state index in [1.54, 1.807) is 0 Å². The van der Waals surface area contributed by atoms with E-state index in [0.717, 1.165) is 37.7 Å². The number of aliphatic hydroxyl groups is 2. The van der Waals surface area contributed by atoms with Crippen molar-refractivity contribution in [1.29, 1.82) is 0 Å². The minimum Gasteiger partial charge on any atom is -0.432 e. The fourth-order valence-electron chi connectivity index (χ4n) is 2.67. The average molecular weight is 301 g/mol. The summed E-state index contributed by atoms with van der Waals surface area (Å²) in [5.41, 5.74) is 0.412. The highest BCUT2D eigenvalue weighted by Crippen LogP contribution is 2.43. The van der Waals surface area contributed by atoms with Crippen LogP contribution in [0.2, 0.25) is 18.1 Å². The summed E-state index contributed by atoms with van der Waals surface area (Å²) in [4.78, 5) is 10.3. The fraction of sp³-hybridized carbons (Fsp3) is 0.875. The van der Waals surface area contributed by atoms with Gasteiger partial charge in [0, 0.05) is 0 Å². The molecule has 0 aromatic rings. The predicted octanol–water partition coefficient (Wildman–Crippen LogP) is 3.21. The summed E-state index contributed by atoms with van der Waals surface area (Å²) in [6.45, 7) is 10.2. The first-order valence-corrected chi connectivity index (χ1v) is 10.7. The molecule has 0 saturated heterocycles. The minimum atomic E-state index is -2.21. The van der Waals surface area contributed by atoms with Crippen LogP contribution in [0.5, 0.6) is 0 Å². The molecule has 2 atom stereocenters. The molecular formula is C16H32O3Si. The molecule has 1 rings (SSSR count). The number of rotatable bonds is 6. The highest BCUT2D eigenvalue weighted by Gasteiger charge is 2.41. The molecule has 0 radical (unpaired) electrons. The molecule has 3 N–H and O–H groups in total. The van der Waals surface area contributed by atoms with Crippen LogP contribution >= 0.6 is 0 Å². The van der Waals surface area contributed by atoms with Crippen LogP contribution in [0, 0.1) is 5.92 Å². The first-order chi connectivity index (χ1) is 8.99. The fourth-order valence-corrected chi connectivity index (χ4v) is 3.41. The summed E-state index contributed by atoms with van der Waals surface area (Å²) in [7, 11) is -2.21. The second kappa shape index (κ2) is 6.30. The van der Waals surface area contributed by atoms with E-state index in [4.69, 9.17) is 5.11 Å². The Morgan fingerprint density at radius 2 is 1.85 bits per heavy atom. The van der Waals surface area contributed by atoms with Gasteiger partial charge < -0.3 is 15.0 Å². The van der Waals surface area contributed by atoms with Gasteiger partial charge in [-0.1, -0.05) is 19.9 Å². The highest BCUT2D eigenvalue weighted by molar-refractivity contribution is 6.72. The van der Waals surface area contributed by atoms with Crippen molar-refractivity contribution in [3.63, 3.8) is 0 Å². The lowest BCUT2D eigenvalue weighted by Crippen LogP contribution is -2.42. The van der Waals surface area contributed by atoms with Gasteiger partial charge in [-0.15, -0.1) is 0 Å². The standard InChI is InChI=1S/C16H32O3Si/c1-15(2,20(4,5)19)10-11-16(3,18)14-8-6-13(12-17)7-9-14/h6,14,17-19H,7-12H2,1-5H3/t14-,16?/m1/s1. The zero-order valence-electron chi connectivity index (χ0n) is 13.7. The van der Waals surface area contributed by atoms with Crippen molar-refractivity contribution in [2.24, 2.45) is 5.92 Å². The third kappa shape index (κ3) is 4.42. The van der Waals surface area contributed by atoms with Crippen molar-refractivity contribution in [1.82, 2.24) is 0 Å². The number of hydrogen-bond donors (Lipinski definition) is 3. The summed E-state index contributed by atoms with van der Waals surface area (Å²) in [6.07, 6.45) is 6.34. The van der Waals surface area contributed by atoms with E-state index in [1.165, 1.54) is 0 Å². The number of hydrogen-bond acceptors (Lipinski definition) is 3. The minimum absolute atomic E-state index is 0.0856. The lowest BCUT2D eigenvalue weighted by Gasteiger charge is -2.40. The Labute approximate surface area is 124 Å². The van der Waals surface area contributed by atoms with Gasteiger partial charge >= 0.3 is 0 Å². The molecular weight excluding hydrogens is 268 g/mol. The first-order valence-electron chi connectivity index (χ1n) is 7.73. The largest absolute Gasteiger partial charge is 0.432 e. The lowest BCUT2D eigenvalue weighted by molar-refractivity contribution is -0.0174. The molecule has 0 saturated carbocycles. The SMILES string of the molecule is CC(O)(CCC(C)(C)[Si](C)(C)O)[C@@H]1CC=C(CO)CC1. The lowest BCUT2D eigenvalue weighted by atomic mass is 9.75. The molecule has 0 heterocycles. The molecule has 20 heavy (non-hydrogen) atoms. The van der Waals surface area contributed by atoms with Crippen LogP contribution in [0.1, 0.15) is 52.9 Å².